The fourth-order valence-corrected chi connectivity index (χ4v) is 6.83. The molecule has 0 radical (unpaired) electrons. The molecule has 1 aliphatic heterocycles. The number of likely N-dealkylation sites (tertiary alicyclic amines) is 1. The number of nitrogens with two attached hydrogens (primary N) is 1. The van der Waals surface area contributed by atoms with Crippen molar-refractivity contribution < 1.29 is 34.1 Å². The first-order valence-corrected chi connectivity index (χ1v) is 13.2. The van der Waals surface area contributed by atoms with E-state index in [1.54, 1.807) is 19.0 Å². The van der Waals surface area contributed by atoms with E-state index in [1.165, 1.54) is 12.1 Å². The Hall–Kier alpha value is -3.08. The second-order valence-corrected chi connectivity index (χ2v) is 11.2. The van der Waals surface area contributed by atoms with Gasteiger partial charge < -0.3 is 30.9 Å². The monoisotopic (exact) mass is 527 g/mol. The fourth-order valence-electron chi connectivity index (χ4n) is 6.83. The van der Waals surface area contributed by atoms with Gasteiger partial charge in [-0.1, -0.05) is 6.08 Å². The van der Waals surface area contributed by atoms with Gasteiger partial charge in [0.15, 0.2) is 5.60 Å². The molecule has 4 atom stereocenters. The van der Waals surface area contributed by atoms with Crippen molar-refractivity contribution in [1.82, 2.24) is 9.80 Å². The van der Waals surface area contributed by atoms with Crippen molar-refractivity contribution in [3.8, 4) is 5.75 Å². The number of halogens is 1. The van der Waals surface area contributed by atoms with Crippen LogP contribution in [-0.4, -0.2) is 88.0 Å². The van der Waals surface area contributed by atoms with Crippen LogP contribution in [0.25, 0.3) is 5.76 Å². The molecule has 2 fully saturated rings. The van der Waals surface area contributed by atoms with E-state index in [-0.39, 0.29) is 35.3 Å². The Labute approximate surface area is 220 Å². The number of ketones is 2. The summed E-state index contributed by atoms with van der Waals surface area (Å²) in [6, 6.07) is 0.622. The number of rotatable bonds is 6. The first-order valence-electron chi connectivity index (χ1n) is 13.2. The second-order valence-electron chi connectivity index (χ2n) is 11.2. The summed E-state index contributed by atoms with van der Waals surface area (Å²) < 4.78 is 15.4. The summed E-state index contributed by atoms with van der Waals surface area (Å²) >= 11 is 0. The Balaban J connectivity index is 1.54. The highest BCUT2D eigenvalue weighted by Crippen LogP contribution is 2.51. The molecule has 3 aliphatic carbocycles. The number of aryl methyl sites for hydroxylation is 1. The molecule has 38 heavy (non-hydrogen) atoms. The number of aromatic hydroxyl groups is 1. The molecular weight excluding hydrogens is 493 g/mol. The van der Waals surface area contributed by atoms with Crippen LogP contribution in [0.1, 0.15) is 42.4 Å². The van der Waals surface area contributed by atoms with Crippen LogP contribution < -0.4 is 5.73 Å². The van der Waals surface area contributed by atoms with Crippen molar-refractivity contribution >= 4 is 23.2 Å². The molecular formula is C28H34FN3O6. The van der Waals surface area contributed by atoms with Crippen molar-refractivity contribution in [2.24, 2.45) is 17.6 Å². The molecule has 1 amide bonds. The molecule has 5 rings (SSSR count). The molecule has 204 valence electrons. The summed E-state index contributed by atoms with van der Waals surface area (Å²) in [7, 11) is 3.37. The molecule has 0 unspecified atom stereocenters. The van der Waals surface area contributed by atoms with Crippen molar-refractivity contribution in [3.05, 3.63) is 45.8 Å². The highest BCUT2D eigenvalue weighted by molar-refractivity contribution is 6.32. The average molecular weight is 528 g/mol. The first kappa shape index (κ1) is 26.5. The number of benzene rings is 1. The number of aliphatic hydroxyl groups is 2. The number of Topliss-reactive ketones (excluding diaryl/α,β-unsaturated/α-hetero) is 2. The number of carbonyl (C=O) groups is 3. The van der Waals surface area contributed by atoms with Crippen molar-refractivity contribution in [2.75, 3.05) is 33.7 Å². The highest BCUT2D eigenvalue weighted by atomic mass is 19.1. The van der Waals surface area contributed by atoms with Crippen molar-refractivity contribution in [1.29, 1.82) is 0 Å². The molecule has 0 aromatic heterocycles. The van der Waals surface area contributed by atoms with Gasteiger partial charge >= 0.3 is 0 Å². The number of likely N-dealkylation sites (N-methyl/N-ethyl adjacent to an activating group) is 1. The predicted molar refractivity (Wildman–Crippen MR) is 137 cm³/mol. The Bertz CT molecular complexity index is 1280. The largest absolute Gasteiger partial charge is 0.507 e. The summed E-state index contributed by atoms with van der Waals surface area (Å²) in [5.41, 5.74) is 2.34. The van der Waals surface area contributed by atoms with E-state index >= 15 is 4.39 Å². The van der Waals surface area contributed by atoms with E-state index in [1.807, 2.05) is 0 Å². The van der Waals surface area contributed by atoms with E-state index in [0.29, 0.717) is 18.4 Å². The van der Waals surface area contributed by atoms with Crippen LogP contribution in [0.4, 0.5) is 4.39 Å². The molecule has 10 heteroatoms. The van der Waals surface area contributed by atoms with E-state index in [9.17, 15) is 29.7 Å². The van der Waals surface area contributed by atoms with Crippen LogP contribution in [0.5, 0.6) is 5.75 Å². The van der Waals surface area contributed by atoms with Gasteiger partial charge in [-0.25, -0.2) is 4.39 Å². The van der Waals surface area contributed by atoms with E-state index in [2.05, 4.69) is 4.90 Å². The molecule has 1 heterocycles. The molecule has 9 nitrogen and oxygen atoms in total. The van der Waals surface area contributed by atoms with Gasteiger partial charge in [0, 0.05) is 23.1 Å². The Morgan fingerprint density at radius 1 is 1.21 bits per heavy atom. The van der Waals surface area contributed by atoms with Gasteiger partial charge in [-0.2, -0.15) is 0 Å². The Morgan fingerprint density at radius 2 is 1.89 bits per heavy atom. The third-order valence-corrected chi connectivity index (χ3v) is 8.77. The minimum absolute atomic E-state index is 0.0151. The highest BCUT2D eigenvalue weighted by Gasteiger charge is 2.63. The number of aliphatic hydroxyl groups excluding tert-OH is 1. The molecule has 1 saturated carbocycles. The lowest BCUT2D eigenvalue weighted by atomic mass is 9.57. The van der Waals surface area contributed by atoms with Gasteiger partial charge in [0.05, 0.1) is 11.1 Å². The normalized spacial score (nSPS) is 29.3. The van der Waals surface area contributed by atoms with E-state index < -0.39 is 58.1 Å². The molecule has 1 aromatic carbocycles. The van der Waals surface area contributed by atoms with Crippen molar-refractivity contribution in [3.63, 3.8) is 0 Å². The topological polar surface area (TPSA) is 144 Å². The Morgan fingerprint density at radius 3 is 2.53 bits per heavy atom. The summed E-state index contributed by atoms with van der Waals surface area (Å²) in [5.74, 6) is -6.33. The lowest BCUT2D eigenvalue weighted by molar-refractivity contribution is -0.160. The smallest absolute Gasteiger partial charge is 0.252 e. The zero-order chi connectivity index (χ0) is 27.5. The standard InChI is InChI=1S/C28H34FN3O6/c1-31(2)20-13-17(27(30)37)25(35)28(38)18(20)11-15-10-16-19(29)12-14(6-5-9-32-7-3-4-8-32)23(33)22(16)24(34)21(15)26(28)36/h12-13,15,18,20,33-34,38H,3-11H2,1-2H3,(H2,30,37)/t15-,18-,20+,28+/m0/s1. The zero-order valence-corrected chi connectivity index (χ0v) is 21.7. The minimum atomic E-state index is -2.62. The molecule has 0 spiro atoms. The molecule has 4 aliphatic rings. The summed E-state index contributed by atoms with van der Waals surface area (Å²) in [5, 5.41) is 34.0. The van der Waals surface area contributed by atoms with Gasteiger partial charge in [0.25, 0.3) is 5.91 Å². The van der Waals surface area contributed by atoms with Crippen LogP contribution in [0.15, 0.2) is 23.3 Å². The first-order chi connectivity index (χ1) is 18.0. The van der Waals surface area contributed by atoms with Gasteiger partial charge in [-0.3, -0.25) is 14.4 Å². The number of phenolic OH excluding ortho intramolecular Hbond substituents is 1. The predicted octanol–water partition coefficient (Wildman–Crippen LogP) is 1.25. The maximum Gasteiger partial charge on any atom is 0.252 e. The SMILES string of the molecule is CN(C)[C@@H]1C=C(C(N)=O)C(=O)[C@@]2(O)C(=O)C3=C(O)c4c(O)c(CCCN5CCCC5)cc(F)c4C[C@H]3C[C@@H]12. The number of nitrogens with zero attached hydrogens (tertiary/aromatic N) is 2. The van der Waals surface area contributed by atoms with E-state index in [0.717, 1.165) is 32.5 Å². The average Bonchev–Trinajstić information content (AvgIpc) is 3.37. The summed E-state index contributed by atoms with van der Waals surface area (Å²) in [4.78, 5) is 43.1. The number of hydrogen-bond donors (Lipinski definition) is 4. The number of primary amides is 1. The van der Waals surface area contributed by atoms with Crippen LogP contribution in [-0.2, 0) is 27.2 Å². The fraction of sp³-hybridized carbons (Fsp3) is 0.536. The number of hydrogen-bond acceptors (Lipinski definition) is 8. The van der Waals surface area contributed by atoms with Gasteiger partial charge in [-0.15, -0.1) is 0 Å². The van der Waals surface area contributed by atoms with Gasteiger partial charge in [0.1, 0.15) is 17.3 Å². The summed E-state index contributed by atoms with van der Waals surface area (Å²) in [6.45, 7) is 2.85. The number of fused-ring (bicyclic) bond motifs is 3. The maximum atomic E-state index is 15.4. The van der Waals surface area contributed by atoms with Gasteiger partial charge in [-0.05, 0) is 89.8 Å². The number of carbonyl (C=O) groups excluding carboxylic acids is 3. The number of amides is 1. The van der Waals surface area contributed by atoms with Crippen LogP contribution in [0.2, 0.25) is 0 Å². The van der Waals surface area contributed by atoms with E-state index in [4.69, 9.17) is 5.73 Å². The lowest BCUT2D eigenvalue weighted by Gasteiger charge is -2.49. The molecule has 5 N–H and O–H groups in total. The zero-order valence-electron chi connectivity index (χ0n) is 21.7. The third-order valence-electron chi connectivity index (χ3n) is 8.77. The maximum absolute atomic E-state index is 15.4. The molecule has 0 bridgehead atoms. The third kappa shape index (κ3) is 3.97. The van der Waals surface area contributed by atoms with Crippen LogP contribution in [0, 0.1) is 17.7 Å². The second kappa shape index (κ2) is 9.59. The quantitative estimate of drug-likeness (QED) is 0.320. The van der Waals surface area contributed by atoms with Gasteiger partial charge in [0.2, 0.25) is 11.6 Å². The summed E-state index contributed by atoms with van der Waals surface area (Å²) in [6.07, 6.45) is 4.83. The van der Waals surface area contributed by atoms with Crippen LogP contribution >= 0.6 is 0 Å². The van der Waals surface area contributed by atoms with Crippen LogP contribution in [0.3, 0.4) is 0 Å². The molecule has 1 aromatic rings. The Kier molecular flexibility index (Phi) is 6.69. The minimum Gasteiger partial charge on any atom is -0.507 e. The van der Waals surface area contributed by atoms with Crippen molar-refractivity contribution in [2.45, 2.75) is 50.2 Å². The number of phenols is 1. The molecule has 1 saturated heterocycles. The lowest BCUT2D eigenvalue weighted by Crippen LogP contribution is -2.66.